The Morgan fingerprint density at radius 1 is 1.02 bits per heavy atom. The predicted molar refractivity (Wildman–Crippen MR) is 185 cm³/mol. The number of carbonyl (C=O) groups is 1. The zero-order valence-corrected chi connectivity index (χ0v) is 29.0. The molecule has 3 atom stereocenters. The molecule has 0 saturated heterocycles. The summed E-state index contributed by atoms with van der Waals surface area (Å²) in [6, 6.07) is 24.3. The summed E-state index contributed by atoms with van der Waals surface area (Å²) in [7, 11) is 3.31. The van der Waals surface area contributed by atoms with Crippen LogP contribution in [0.4, 0.5) is 16.4 Å². The number of nitrogens with zero attached hydrogens (tertiary/aromatic N) is 4. The van der Waals surface area contributed by atoms with Gasteiger partial charge in [-0.2, -0.15) is 0 Å². The number of rotatable bonds is 14. The van der Waals surface area contributed by atoms with E-state index in [0.717, 1.165) is 35.7 Å². The molecule has 1 N–H and O–H groups in total. The SMILES string of the molecule is COOSN(C)c1cc(-c2ncc([C@@](C)(Cc3ccccc3)NC(=O)OC(C)(C)C)o2)cc(N(Cc2ccccc2)CC2CC2C)n1. The Kier molecular flexibility index (Phi) is 10.8. The molecule has 0 spiro atoms. The summed E-state index contributed by atoms with van der Waals surface area (Å²) in [6.07, 6.45) is 2.80. The zero-order chi connectivity index (χ0) is 33.6. The van der Waals surface area contributed by atoms with Gasteiger partial charge < -0.3 is 19.4 Å². The minimum absolute atomic E-state index is 0.403. The fourth-order valence-corrected chi connectivity index (χ4v) is 5.75. The van der Waals surface area contributed by atoms with Crippen LogP contribution in [-0.4, -0.2) is 42.4 Å². The number of benzene rings is 2. The highest BCUT2D eigenvalue weighted by atomic mass is 32.2. The number of hydrogen-bond donors (Lipinski definition) is 1. The Balaban J connectivity index is 1.53. The molecule has 0 aliphatic heterocycles. The number of hydrogen-bond acceptors (Lipinski definition) is 10. The molecular weight excluding hydrogens is 614 g/mol. The molecule has 1 amide bonds. The summed E-state index contributed by atoms with van der Waals surface area (Å²) in [5.74, 6) is 3.62. The predicted octanol–water partition coefficient (Wildman–Crippen LogP) is 7.96. The number of nitrogens with one attached hydrogen (secondary N) is 1. The van der Waals surface area contributed by atoms with Crippen molar-refractivity contribution in [2.75, 3.05) is 29.9 Å². The second-order valence-corrected chi connectivity index (χ2v) is 14.2. The molecule has 2 heterocycles. The lowest BCUT2D eigenvalue weighted by Gasteiger charge is -2.30. The van der Waals surface area contributed by atoms with Gasteiger partial charge in [0, 0.05) is 32.1 Å². The molecule has 5 rings (SSSR count). The van der Waals surface area contributed by atoms with Crippen LogP contribution in [-0.2, 0) is 32.5 Å². The van der Waals surface area contributed by atoms with E-state index in [1.165, 1.54) is 19.1 Å². The van der Waals surface area contributed by atoms with Crippen LogP contribution in [0, 0.1) is 11.8 Å². The van der Waals surface area contributed by atoms with Crippen LogP contribution in [0.15, 0.2) is 83.4 Å². The number of oxazole rings is 1. The van der Waals surface area contributed by atoms with Gasteiger partial charge in [0.15, 0.2) is 18.0 Å². The van der Waals surface area contributed by atoms with Gasteiger partial charge in [-0.1, -0.05) is 67.6 Å². The third-order valence-electron chi connectivity index (χ3n) is 8.08. The molecule has 47 heavy (non-hydrogen) atoms. The molecule has 11 heteroatoms. The first-order chi connectivity index (χ1) is 22.4. The highest BCUT2D eigenvalue weighted by Gasteiger charge is 2.36. The molecule has 2 unspecified atom stereocenters. The monoisotopic (exact) mass is 659 g/mol. The van der Waals surface area contributed by atoms with Gasteiger partial charge in [0.25, 0.3) is 0 Å². The van der Waals surface area contributed by atoms with Gasteiger partial charge in [-0.3, -0.25) is 4.31 Å². The summed E-state index contributed by atoms with van der Waals surface area (Å²) in [4.78, 5) is 30.0. The maximum absolute atomic E-state index is 13.1. The van der Waals surface area contributed by atoms with Gasteiger partial charge >= 0.3 is 6.09 Å². The second kappa shape index (κ2) is 14.8. The molecule has 2 aromatic heterocycles. The van der Waals surface area contributed by atoms with Gasteiger partial charge in [0.2, 0.25) is 5.89 Å². The number of ether oxygens (including phenoxy) is 1. The van der Waals surface area contributed by atoms with Gasteiger partial charge in [0.05, 0.1) is 13.3 Å². The number of carbonyl (C=O) groups excluding carboxylic acids is 1. The van der Waals surface area contributed by atoms with E-state index >= 15 is 0 Å². The number of pyridine rings is 1. The molecule has 0 radical (unpaired) electrons. The second-order valence-electron chi connectivity index (χ2n) is 13.4. The lowest BCUT2D eigenvalue weighted by molar-refractivity contribution is -0.160. The van der Waals surface area contributed by atoms with E-state index in [0.29, 0.717) is 42.3 Å². The minimum atomic E-state index is -0.950. The molecule has 1 fully saturated rings. The Bertz CT molecular complexity index is 1610. The molecule has 1 saturated carbocycles. The molecule has 4 aromatic rings. The van der Waals surface area contributed by atoms with Crippen molar-refractivity contribution in [3.63, 3.8) is 0 Å². The lowest BCUT2D eigenvalue weighted by Crippen LogP contribution is -2.47. The summed E-state index contributed by atoms with van der Waals surface area (Å²) in [5.41, 5.74) is 1.36. The third-order valence-corrected chi connectivity index (χ3v) is 8.68. The van der Waals surface area contributed by atoms with Crippen molar-refractivity contribution >= 4 is 30.0 Å². The van der Waals surface area contributed by atoms with E-state index in [9.17, 15) is 4.79 Å². The zero-order valence-electron chi connectivity index (χ0n) is 28.2. The Morgan fingerprint density at radius 2 is 1.66 bits per heavy atom. The van der Waals surface area contributed by atoms with E-state index < -0.39 is 17.2 Å². The summed E-state index contributed by atoms with van der Waals surface area (Å²) < 4.78 is 19.1. The average Bonchev–Trinajstić information content (AvgIpc) is 3.49. The van der Waals surface area contributed by atoms with Crippen molar-refractivity contribution in [1.29, 1.82) is 0 Å². The molecule has 2 aromatic carbocycles. The Morgan fingerprint density at radius 3 is 2.28 bits per heavy atom. The lowest BCUT2D eigenvalue weighted by atomic mass is 9.90. The Labute approximate surface area is 282 Å². The van der Waals surface area contributed by atoms with Crippen molar-refractivity contribution < 1.29 is 23.2 Å². The van der Waals surface area contributed by atoms with Crippen molar-refractivity contribution in [2.24, 2.45) is 11.8 Å². The van der Waals surface area contributed by atoms with Crippen LogP contribution in [0.25, 0.3) is 11.5 Å². The van der Waals surface area contributed by atoms with E-state index in [1.807, 2.05) is 83.3 Å². The van der Waals surface area contributed by atoms with Crippen molar-refractivity contribution in [3.8, 4) is 11.5 Å². The van der Waals surface area contributed by atoms with Gasteiger partial charge in [0.1, 0.15) is 22.8 Å². The number of aromatic nitrogens is 2. The number of alkyl carbamates (subject to hydrolysis) is 1. The normalized spacial score (nSPS) is 17.1. The summed E-state index contributed by atoms with van der Waals surface area (Å²) in [5, 5.41) is 3.06. The van der Waals surface area contributed by atoms with Crippen molar-refractivity contribution in [2.45, 2.75) is 65.1 Å². The van der Waals surface area contributed by atoms with Crippen LogP contribution in [0.1, 0.15) is 57.9 Å². The summed E-state index contributed by atoms with van der Waals surface area (Å²) >= 11 is 1.02. The first kappa shape index (κ1) is 34.3. The van der Waals surface area contributed by atoms with Crippen molar-refractivity contribution in [1.82, 2.24) is 15.3 Å². The standard InChI is InChI=1S/C36H45N5O5S/c1-25-18-29(25)24-41(23-27-16-12-9-13-17-27)32-20-28(19-31(38-32)40(6)47-46-43-7)33-37-22-30(44-33)36(5,21-26-14-10-8-11-15-26)39-34(42)45-35(2,3)4/h8-17,19-20,22,25,29H,18,21,23-24H2,1-7H3,(H,39,42)/t25?,29?,36-/m1/s1. The number of anilines is 2. The largest absolute Gasteiger partial charge is 0.444 e. The van der Waals surface area contributed by atoms with Crippen LogP contribution < -0.4 is 14.5 Å². The first-order valence-corrected chi connectivity index (χ1v) is 16.6. The van der Waals surface area contributed by atoms with Crippen LogP contribution >= 0.6 is 12.2 Å². The highest BCUT2D eigenvalue weighted by molar-refractivity contribution is 7.95. The minimum Gasteiger partial charge on any atom is -0.444 e. The fraction of sp³-hybridized carbons (Fsp3) is 0.417. The van der Waals surface area contributed by atoms with E-state index in [1.54, 1.807) is 10.5 Å². The van der Waals surface area contributed by atoms with E-state index in [4.69, 9.17) is 28.3 Å². The molecule has 10 nitrogen and oxygen atoms in total. The van der Waals surface area contributed by atoms with E-state index in [-0.39, 0.29) is 0 Å². The number of amides is 1. The molecule has 250 valence electrons. The first-order valence-electron chi connectivity index (χ1n) is 15.9. The molecule has 1 aliphatic rings. The average molecular weight is 660 g/mol. The van der Waals surface area contributed by atoms with Crippen molar-refractivity contribution in [3.05, 3.63) is 95.9 Å². The summed E-state index contributed by atoms with van der Waals surface area (Å²) in [6.45, 7) is 11.3. The Hall–Kier alpha value is -4.06. The smallest absolute Gasteiger partial charge is 0.408 e. The van der Waals surface area contributed by atoms with Crippen LogP contribution in [0.3, 0.4) is 0 Å². The molecule has 0 bridgehead atoms. The third kappa shape index (κ3) is 9.50. The molecule has 1 aliphatic carbocycles. The maximum atomic E-state index is 13.1. The highest BCUT2D eigenvalue weighted by Crippen LogP contribution is 2.40. The van der Waals surface area contributed by atoms with Crippen LogP contribution in [0.2, 0.25) is 0 Å². The quantitative estimate of drug-likeness (QED) is 0.0621. The van der Waals surface area contributed by atoms with E-state index in [2.05, 4.69) is 41.4 Å². The maximum Gasteiger partial charge on any atom is 0.408 e. The van der Waals surface area contributed by atoms with Gasteiger partial charge in [-0.05, 0) is 69.2 Å². The fourth-order valence-electron chi connectivity index (χ4n) is 5.43. The van der Waals surface area contributed by atoms with Gasteiger partial charge in [-0.25, -0.2) is 19.7 Å². The van der Waals surface area contributed by atoms with Crippen LogP contribution in [0.5, 0.6) is 0 Å². The topological polar surface area (TPSA) is 102 Å². The van der Waals surface area contributed by atoms with Gasteiger partial charge in [-0.15, -0.1) is 4.33 Å². The molecular formula is C36H45N5O5S.